The number of carbonyl (C=O) groups excluding carboxylic acids is 1. The van der Waals surface area contributed by atoms with Gasteiger partial charge in [-0.2, -0.15) is 0 Å². The first-order chi connectivity index (χ1) is 9.90. The molecular weight excluding hydrogens is 270 g/mol. The Hall–Kier alpha value is -1.98. The Morgan fingerprint density at radius 3 is 2.48 bits per heavy atom. The van der Waals surface area contributed by atoms with Crippen molar-refractivity contribution < 1.29 is 14.7 Å². The molecular formula is C15H21N3O3. The summed E-state index contributed by atoms with van der Waals surface area (Å²) in [6.45, 7) is 3.54. The summed E-state index contributed by atoms with van der Waals surface area (Å²) in [5.41, 5.74) is 0.382. The molecule has 0 aromatic carbocycles. The summed E-state index contributed by atoms with van der Waals surface area (Å²) in [4.78, 5) is 31.8. The van der Waals surface area contributed by atoms with Gasteiger partial charge in [0.05, 0.1) is 12.0 Å². The summed E-state index contributed by atoms with van der Waals surface area (Å²) in [7, 11) is 0. The van der Waals surface area contributed by atoms with Gasteiger partial charge in [-0.15, -0.1) is 0 Å². The monoisotopic (exact) mass is 291 g/mol. The van der Waals surface area contributed by atoms with Crippen LogP contribution in [0.1, 0.15) is 60.5 Å². The minimum atomic E-state index is -0.882. The van der Waals surface area contributed by atoms with Crippen molar-refractivity contribution in [3.63, 3.8) is 0 Å². The highest BCUT2D eigenvalue weighted by atomic mass is 16.4. The Labute approximate surface area is 124 Å². The quantitative estimate of drug-likeness (QED) is 0.885. The lowest BCUT2D eigenvalue weighted by Crippen LogP contribution is -2.51. The molecule has 0 saturated heterocycles. The van der Waals surface area contributed by atoms with Crippen LogP contribution in [0, 0.1) is 13.8 Å². The van der Waals surface area contributed by atoms with E-state index in [9.17, 15) is 9.59 Å². The van der Waals surface area contributed by atoms with Crippen LogP contribution in [-0.2, 0) is 4.79 Å². The molecule has 6 heteroatoms. The van der Waals surface area contributed by atoms with E-state index in [2.05, 4.69) is 15.3 Å². The molecule has 21 heavy (non-hydrogen) atoms. The number of aromatic nitrogens is 2. The Bertz CT molecular complexity index is 531. The molecule has 1 amide bonds. The van der Waals surface area contributed by atoms with Crippen molar-refractivity contribution in [1.29, 1.82) is 0 Å². The van der Waals surface area contributed by atoms with Crippen molar-refractivity contribution in [2.75, 3.05) is 0 Å². The van der Waals surface area contributed by atoms with Gasteiger partial charge in [0.15, 0.2) is 0 Å². The highest BCUT2D eigenvalue weighted by Crippen LogP contribution is 2.31. The van der Waals surface area contributed by atoms with E-state index in [4.69, 9.17) is 5.11 Å². The van der Waals surface area contributed by atoms with Crippen LogP contribution in [0.25, 0.3) is 0 Å². The summed E-state index contributed by atoms with van der Waals surface area (Å²) in [5, 5.41) is 12.1. The van der Waals surface area contributed by atoms with Crippen LogP contribution in [0.4, 0.5) is 0 Å². The number of carbonyl (C=O) groups is 2. The molecule has 1 aromatic heterocycles. The van der Waals surface area contributed by atoms with Crippen molar-refractivity contribution in [2.45, 2.75) is 57.9 Å². The summed E-state index contributed by atoms with van der Waals surface area (Å²) < 4.78 is 0. The predicted octanol–water partition coefficient (Wildman–Crippen LogP) is 2.00. The third kappa shape index (κ3) is 4.00. The zero-order chi connectivity index (χ0) is 15.5. The summed E-state index contributed by atoms with van der Waals surface area (Å²) in [5.74, 6) is -0.657. The number of aliphatic carboxylic acids is 1. The van der Waals surface area contributed by atoms with Gasteiger partial charge in [0.25, 0.3) is 5.91 Å². The van der Waals surface area contributed by atoms with E-state index in [1.807, 2.05) is 0 Å². The zero-order valence-electron chi connectivity index (χ0n) is 12.5. The van der Waals surface area contributed by atoms with Crippen molar-refractivity contribution in [3.8, 4) is 0 Å². The fourth-order valence-corrected chi connectivity index (χ4v) is 3.00. The Morgan fingerprint density at radius 1 is 1.24 bits per heavy atom. The van der Waals surface area contributed by atoms with Gasteiger partial charge in [-0.25, -0.2) is 9.97 Å². The standard InChI is InChI=1S/C15H21N3O3/c1-10-8-12(17-11(2)16-10)14(21)18-15(9-13(19)20)6-4-3-5-7-15/h8H,3-7,9H2,1-2H3,(H,18,21)(H,19,20). The molecule has 0 radical (unpaired) electrons. The van der Waals surface area contributed by atoms with Crippen molar-refractivity contribution in [1.82, 2.24) is 15.3 Å². The Kier molecular flexibility index (Phi) is 4.55. The predicted molar refractivity (Wildman–Crippen MR) is 77.0 cm³/mol. The second kappa shape index (κ2) is 6.20. The van der Waals surface area contributed by atoms with Crippen LogP contribution in [0.2, 0.25) is 0 Å². The minimum absolute atomic E-state index is 0.0399. The maximum Gasteiger partial charge on any atom is 0.305 e. The van der Waals surface area contributed by atoms with Gasteiger partial charge in [-0.1, -0.05) is 19.3 Å². The van der Waals surface area contributed by atoms with Crippen molar-refractivity contribution in [3.05, 3.63) is 23.3 Å². The molecule has 0 atom stereocenters. The first kappa shape index (κ1) is 15.4. The van der Waals surface area contributed by atoms with Gasteiger partial charge in [0.1, 0.15) is 11.5 Å². The zero-order valence-corrected chi connectivity index (χ0v) is 12.5. The van der Waals surface area contributed by atoms with E-state index in [0.717, 1.165) is 25.0 Å². The summed E-state index contributed by atoms with van der Waals surface area (Å²) >= 11 is 0. The lowest BCUT2D eigenvalue weighted by molar-refractivity contribution is -0.139. The van der Waals surface area contributed by atoms with Gasteiger partial charge in [0, 0.05) is 5.69 Å². The smallest absolute Gasteiger partial charge is 0.305 e. The van der Waals surface area contributed by atoms with Crippen LogP contribution in [0.3, 0.4) is 0 Å². The van der Waals surface area contributed by atoms with Crippen molar-refractivity contribution in [2.24, 2.45) is 0 Å². The molecule has 0 unspecified atom stereocenters. The molecule has 1 fully saturated rings. The molecule has 1 heterocycles. The molecule has 1 saturated carbocycles. The second-order valence-electron chi connectivity index (χ2n) is 5.81. The molecule has 114 valence electrons. The molecule has 0 spiro atoms. The van der Waals surface area contributed by atoms with E-state index < -0.39 is 11.5 Å². The molecule has 1 aliphatic rings. The summed E-state index contributed by atoms with van der Waals surface area (Å²) in [6.07, 6.45) is 4.33. The number of carboxylic acids is 1. The number of hydrogen-bond acceptors (Lipinski definition) is 4. The van der Waals surface area contributed by atoms with E-state index in [1.165, 1.54) is 0 Å². The number of nitrogens with zero attached hydrogens (tertiary/aromatic N) is 2. The van der Waals surface area contributed by atoms with E-state index >= 15 is 0 Å². The van der Waals surface area contributed by atoms with Crippen LogP contribution in [0.15, 0.2) is 6.07 Å². The Balaban J connectivity index is 2.19. The molecule has 2 rings (SSSR count). The lowest BCUT2D eigenvalue weighted by Gasteiger charge is -2.36. The number of rotatable bonds is 4. The molecule has 1 aromatic rings. The highest BCUT2D eigenvalue weighted by molar-refractivity contribution is 5.93. The average molecular weight is 291 g/mol. The highest BCUT2D eigenvalue weighted by Gasteiger charge is 2.36. The average Bonchev–Trinajstić information content (AvgIpc) is 2.37. The molecule has 0 aliphatic heterocycles. The second-order valence-corrected chi connectivity index (χ2v) is 5.81. The maximum absolute atomic E-state index is 12.4. The number of carboxylic acid groups (broad SMARTS) is 1. The van der Waals surface area contributed by atoms with Crippen LogP contribution >= 0.6 is 0 Å². The first-order valence-electron chi connectivity index (χ1n) is 7.27. The van der Waals surface area contributed by atoms with Gasteiger partial charge in [-0.3, -0.25) is 9.59 Å². The number of nitrogens with one attached hydrogen (secondary N) is 1. The van der Waals surface area contributed by atoms with Gasteiger partial charge in [-0.05, 0) is 32.8 Å². The molecule has 0 bridgehead atoms. The van der Waals surface area contributed by atoms with Crippen molar-refractivity contribution >= 4 is 11.9 Å². The number of hydrogen-bond donors (Lipinski definition) is 2. The molecule has 2 N–H and O–H groups in total. The van der Waals surface area contributed by atoms with E-state index in [0.29, 0.717) is 24.4 Å². The minimum Gasteiger partial charge on any atom is -0.481 e. The van der Waals surface area contributed by atoms with E-state index in [-0.39, 0.29) is 12.3 Å². The largest absolute Gasteiger partial charge is 0.481 e. The molecule has 1 aliphatic carbocycles. The fraction of sp³-hybridized carbons (Fsp3) is 0.600. The maximum atomic E-state index is 12.4. The van der Waals surface area contributed by atoms with E-state index in [1.54, 1.807) is 19.9 Å². The number of amides is 1. The normalized spacial score (nSPS) is 17.2. The van der Waals surface area contributed by atoms with Gasteiger partial charge < -0.3 is 10.4 Å². The van der Waals surface area contributed by atoms with Gasteiger partial charge >= 0.3 is 5.97 Å². The molecule has 6 nitrogen and oxygen atoms in total. The van der Waals surface area contributed by atoms with Gasteiger partial charge in [0.2, 0.25) is 0 Å². The third-order valence-electron chi connectivity index (χ3n) is 3.88. The fourth-order valence-electron chi connectivity index (χ4n) is 3.00. The summed E-state index contributed by atoms with van der Waals surface area (Å²) in [6, 6.07) is 1.62. The first-order valence-corrected chi connectivity index (χ1v) is 7.27. The third-order valence-corrected chi connectivity index (χ3v) is 3.88. The lowest BCUT2D eigenvalue weighted by atomic mass is 9.79. The van der Waals surface area contributed by atoms with Crippen LogP contribution < -0.4 is 5.32 Å². The topological polar surface area (TPSA) is 92.2 Å². The Morgan fingerprint density at radius 2 is 1.90 bits per heavy atom. The number of aryl methyl sites for hydroxylation is 2. The van der Waals surface area contributed by atoms with Crippen LogP contribution in [-0.4, -0.2) is 32.5 Å². The van der Waals surface area contributed by atoms with Crippen LogP contribution in [0.5, 0.6) is 0 Å². The SMILES string of the molecule is Cc1cc(C(=O)NC2(CC(=O)O)CCCCC2)nc(C)n1.